The van der Waals surface area contributed by atoms with Crippen LogP contribution >= 0.6 is 0 Å². The molecule has 0 saturated heterocycles. The molecule has 0 aliphatic heterocycles. The number of methoxy groups -OCH3 is 1. The predicted molar refractivity (Wildman–Crippen MR) is 79.3 cm³/mol. The summed E-state index contributed by atoms with van der Waals surface area (Å²) in [4.78, 5) is 4.37. The maximum Gasteiger partial charge on any atom is 0.0462 e. The molecule has 0 aliphatic rings. The van der Waals surface area contributed by atoms with E-state index in [4.69, 9.17) is 4.74 Å². The Labute approximate surface area is 115 Å². The molecule has 1 N–H and O–H groups in total. The maximum absolute atomic E-state index is 5.15. The Hall–Kier alpha value is -1.45. The van der Waals surface area contributed by atoms with Crippen LogP contribution in [0.25, 0.3) is 10.8 Å². The zero-order chi connectivity index (χ0) is 13.5. The molecule has 1 heterocycles. The van der Waals surface area contributed by atoms with E-state index in [-0.39, 0.29) is 0 Å². The van der Waals surface area contributed by atoms with Crippen LogP contribution in [-0.2, 0) is 4.74 Å². The molecular weight excluding hydrogens is 236 g/mol. The molecule has 0 radical (unpaired) electrons. The average molecular weight is 258 g/mol. The van der Waals surface area contributed by atoms with Gasteiger partial charge in [0.1, 0.15) is 0 Å². The average Bonchev–Trinajstić information content (AvgIpc) is 2.46. The lowest BCUT2D eigenvalue weighted by atomic mass is 9.98. The van der Waals surface area contributed by atoms with Crippen molar-refractivity contribution in [2.45, 2.75) is 25.8 Å². The van der Waals surface area contributed by atoms with E-state index in [2.05, 4.69) is 41.5 Å². The van der Waals surface area contributed by atoms with Gasteiger partial charge in [0.15, 0.2) is 0 Å². The van der Waals surface area contributed by atoms with Gasteiger partial charge in [0, 0.05) is 37.5 Å². The number of ether oxygens (including phenoxy) is 1. The lowest BCUT2D eigenvalue weighted by Crippen LogP contribution is -2.21. The second-order valence-electron chi connectivity index (χ2n) is 4.70. The molecule has 1 aromatic carbocycles. The second kappa shape index (κ2) is 7.22. The summed E-state index contributed by atoms with van der Waals surface area (Å²) in [5.41, 5.74) is 1.29. The molecule has 0 saturated carbocycles. The molecule has 3 heteroatoms. The first-order valence-electron chi connectivity index (χ1n) is 6.91. The monoisotopic (exact) mass is 258 g/mol. The van der Waals surface area contributed by atoms with E-state index >= 15 is 0 Å². The van der Waals surface area contributed by atoms with Crippen LogP contribution in [0.1, 0.15) is 31.4 Å². The third-order valence-corrected chi connectivity index (χ3v) is 3.37. The van der Waals surface area contributed by atoms with Crippen LogP contribution in [0.4, 0.5) is 0 Å². The lowest BCUT2D eigenvalue weighted by Gasteiger charge is -2.19. The molecule has 2 aromatic rings. The standard InChI is InChI=1S/C16H22N2O/c1-3-18-16(9-6-10-19-2)15-12-17-11-13-7-4-5-8-14(13)15/h4-5,7-8,11-12,16,18H,3,6,9-10H2,1-2H3. The quantitative estimate of drug-likeness (QED) is 0.774. The van der Waals surface area contributed by atoms with Gasteiger partial charge in [-0.25, -0.2) is 0 Å². The van der Waals surface area contributed by atoms with Crippen molar-refractivity contribution in [1.82, 2.24) is 10.3 Å². The largest absolute Gasteiger partial charge is 0.385 e. The van der Waals surface area contributed by atoms with E-state index in [0.717, 1.165) is 26.0 Å². The number of nitrogens with zero attached hydrogens (tertiary/aromatic N) is 1. The molecule has 1 atom stereocenters. The van der Waals surface area contributed by atoms with E-state index < -0.39 is 0 Å². The molecule has 0 bridgehead atoms. The summed E-state index contributed by atoms with van der Waals surface area (Å²) in [5.74, 6) is 0. The van der Waals surface area contributed by atoms with Gasteiger partial charge in [0.25, 0.3) is 0 Å². The van der Waals surface area contributed by atoms with E-state index in [9.17, 15) is 0 Å². The van der Waals surface area contributed by atoms with Crippen LogP contribution in [0.2, 0.25) is 0 Å². The van der Waals surface area contributed by atoms with Gasteiger partial charge in [-0.15, -0.1) is 0 Å². The van der Waals surface area contributed by atoms with Crippen molar-refractivity contribution < 1.29 is 4.74 Å². The molecule has 1 unspecified atom stereocenters. The number of hydrogen-bond donors (Lipinski definition) is 1. The third kappa shape index (κ3) is 3.52. The summed E-state index contributed by atoms with van der Waals surface area (Å²) in [5, 5.41) is 6.05. The minimum absolute atomic E-state index is 0.346. The van der Waals surface area contributed by atoms with Crippen LogP contribution in [-0.4, -0.2) is 25.2 Å². The van der Waals surface area contributed by atoms with Gasteiger partial charge in [-0.1, -0.05) is 31.2 Å². The van der Waals surface area contributed by atoms with Crippen molar-refractivity contribution in [3.63, 3.8) is 0 Å². The molecule has 19 heavy (non-hydrogen) atoms. The van der Waals surface area contributed by atoms with Crippen molar-refractivity contribution in [3.05, 3.63) is 42.2 Å². The summed E-state index contributed by atoms with van der Waals surface area (Å²) in [6.07, 6.45) is 6.04. The predicted octanol–water partition coefficient (Wildman–Crippen LogP) is 3.31. The molecular formula is C16H22N2O. The first-order chi connectivity index (χ1) is 9.36. The maximum atomic E-state index is 5.15. The van der Waals surface area contributed by atoms with Crippen LogP contribution < -0.4 is 5.32 Å². The summed E-state index contributed by atoms with van der Waals surface area (Å²) in [6, 6.07) is 8.78. The van der Waals surface area contributed by atoms with Gasteiger partial charge < -0.3 is 10.1 Å². The van der Waals surface area contributed by atoms with Crippen molar-refractivity contribution in [3.8, 4) is 0 Å². The number of fused-ring (bicyclic) bond motifs is 1. The minimum atomic E-state index is 0.346. The Morgan fingerprint density at radius 3 is 2.89 bits per heavy atom. The molecule has 2 rings (SSSR count). The van der Waals surface area contributed by atoms with Gasteiger partial charge in [-0.05, 0) is 30.3 Å². The number of benzene rings is 1. The lowest BCUT2D eigenvalue weighted by molar-refractivity contribution is 0.189. The topological polar surface area (TPSA) is 34.1 Å². The number of hydrogen-bond acceptors (Lipinski definition) is 3. The molecule has 102 valence electrons. The Bertz CT molecular complexity index is 508. The Morgan fingerprint density at radius 1 is 1.26 bits per heavy atom. The van der Waals surface area contributed by atoms with Crippen molar-refractivity contribution in [1.29, 1.82) is 0 Å². The summed E-state index contributed by atoms with van der Waals surface area (Å²) in [6.45, 7) is 3.91. The van der Waals surface area contributed by atoms with Crippen molar-refractivity contribution >= 4 is 10.8 Å². The molecule has 3 nitrogen and oxygen atoms in total. The fourth-order valence-corrected chi connectivity index (χ4v) is 2.46. The highest BCUT2D eigenvalue weighted by Crippen LogP contribution is 2.26. The first-order valence-corrected chi connectivity index (χ1v) is 6.91. The van der Waals surface area contributed by atoms with Crippen molar-refractivity contribution in [2.24, 2.45) is 0 Å². The highest BCUT2D eigenvalue weighted by Gasteiger charge is 2.13. The second-order valence-corrected chi connectivity index (χ2v) is 4.70. The summed E-state index contributed by atoms with van der Waals surface area (Å²) < 4.78 is 5.15. The van der Waals surface area contributed by atoms with Crippen LogP contribution in [0.3, 0.4) is 0 Å². The minimum Gasteiger partial charge on any atom is -0.385 e. The number of rotatable bonds is 7. The van der Waals surface area contributed by atoms with E-state index in [1.165, 1.54) is 16.3 Å². The Kier molecular flexibility index (Phi) is 5.31. The SMILES string of the molecule is CCNC(CCCOC)c1cncc2ccccc12. The van der Waals surface area contributed by atoms with Gasteiger partial charge in [-0.2, -0.15) is 0 Å². The third-order valence-electron chi connectivity index (χ3n) is 3.37. The zero-order valence-electron chi connectivity index (χ0n) is 11.7. The smallest absolute Gasteiger partial charge is 0.0462 e. The highest BCUT2D eigenvalue weighted by atomic mass is 16.5. The number of nitrogens with one attached hydrogen (secondary N) is 1. The fourth-order valence-electron chi connectivity index (χ4n) is 2.46. The number of pyridine rings is 1. The molecule has 0 amide bonds. The van der Waals surface area contributed by atoms with E-state index in [1.807, 2.05) is 12.4 Å². The van der Waals surface area contributed by atoms with Crippen LogP contribution in [0.15, 0.2) is 36.7 Å². The van der Waals surface area contributed by atoms with E-state index in [0.29, 0.717) is 6.04 Å². The van der Waals surface area contributed by atoms with E-state index in [1.54, 1.807) is 7.11 Å². The molecule has 0 fully saturated rings. The number of aromatic nitrogens is 1. The first kappa shape index (κ1) is 14.0. The van der Waals surface area contributed by atoms with Gasteiger partial charge in [-0.3, -0.25) is 4.98 Å². The summed E-state index contributed by atoms with van der Waals surface area (Å²) in [7, 11) is 1.75. The molecule has 0 spiro atoms. The van der Waals surface area contributed by atoms with Gasteiger partial charge >= 0.3 is 0 Å². The van der Waals surface area contributed by atoms with Crippen molar-refractivity contribution in [2.75, 3.05) is 20.3 Å². The highest BCUT2D eigenvalue weighted by molar-refractivity contribution is 5.85. The van der Waals surface area contributed by atoms with Gasteiger partial charge in [0.2, 0.25) is 0 Å². The molecule has 1 aromatic heterocycles. The fraction of sp³-hybridized carbons (Fsp3) is 0.438. The Balaban J connectivity index is 2.27. The van der Waals surface area contributed by atoms with Crippen LogP contribution in [0, 0.1) is 0 Å². The summed E-state index contributed by atoms with van der Waals surface area (Å²) >= 11 is 0. The van der Waals surface area contributed by atoms with Gasteiger partial charge in [0.05, 0.1) is 0 Å². The molecule has 0 aliphatic carbocycles. The normalized spacial score (nSPS) is 12.7. The Morgan fingerprint density at radius 2 is 2.11 bits per heavy atom. The van der Waals surface area contributed by atoms with Crippen LogP contribution in [0.5, 0.6) is 0 Å². The zero-order valence-corrected chi connectivity index (χ0v) is 11.7.